The molecule has 0 bridgehead atoms. The summed E-state index contributed by atoms with van der Waals surface area (Å²) in [5.74, 6) is -0.541. The normalized spacial score (nSPS) is 12.1. The molecule has 0 fully saturated rings. The number of nitrogens with one attached hydrogen (secondary N) is 1. The quantitative estimate of drug-likeness (QED) is 0.575. The van der Waals surface area contributed by atoms with Gasteiger partial charge in [0, 0.05) is 24.0 Å². The number of carbonyl (C=O) groups excluding carboxylic acids is 1. The van der Waals surface area contributed by atoms with Gasteiger partial charge in [-0.1, -0.05) is 6.92 Å². The van der Waals surface area contributed by atoms with Crippen LogP contribution >= 0.6 is 0 Å². The molecule has 0 radical (unpaired) electrons. The van der Waals surface area contributed by atoms with Crippen LogP contribution in [0.4, 0.5) is 4.39 Å². The van der Waals surface area contributed by atoms with E-state index in [1.807, 2.05) is 19.1 Å². The fourth-order valence-corrected chi connectivity index (χ4v) is 3.16. The van der Waals surface area contributed by atoms with Crippen LogP contribution in [0.15, 0.2) is 67.4 Å². The molecule has 0 spiro atoms. The molecule has 140 valence electrons. The summed E-state index contributed by atoms with van der Waals surface area (Å²) in [6.07, 6.45) is 8.96. The molecule has 0 saturated carbocycles. The van der Waals surface area contributed by atoms with Gasteiger partial charge in [-0.05, 0) is 48.4 Å². The van der Waals surface area contributed by atoms with E-state index in [2.05, 4.69) is 20.4 Å². The number of benzene rings is 1. The summed E-state index contributed by atoms with van der Waals surface area (Å²) in [5, 5.41) is 8.10. The first-order chi connectivity index (χ1) is 13.7. The number of pyridine rings is 2. The lowest BCUT2D eigenvalue weighted by molar-refractivity contribution is 0.0937. The van der Waals surface area contributed by atoms with E-state index < -0.39 is 0 Å². The monoisotopic (exact) mass is 375 g/mol. The molecule has 3 heterocycles. The molecule has 4 rings (SSSR count). The maximum absolute atomic E-state index is 13.2. The minimum atomic E-state index is -0.319. The van der Waals surface area contributed by atoms with Crippen molar-refractivity contribution in [3.63, 3.8) is 0 Å². The Hall–Kier alpha value is -3.61. The van der Waals surface area contributed by atoms with E-state index in [-0.39, 0.29) is 17.8 Å². The summed E-state index contributed by atoms with van der Waals surface area (Å²) in [6.45, 7) is 2.01. The van der Waals surface area contributed by atoms with E-state index in [9.17, 15) is 9.18 Å². The molecule has 6 nitrogen and oxygen atoms in total. The first-order valence-electron chi connectivity index (χ1n) is 8.96. The van der Waals surface area contributed by atoms with E-state index in [4.69, 9.17) is 0 Å². The summed E-state index contributed by atoms with van der Waals surface area (Å²) in [5.41, 5.74) is 2.81. The van der Waals surface area contributed by atoms with Gasteiger partial charge in [0.1, 0.15) is 5.82 Å². The first kappa shape index (κ1) is 17.8. The van der Waals surface area contributed by atoms with Gasteiger partial charge in [0.25, 0.3) is 5.91 Å². The van der Waals surface area contributed by atoms with Crippen molar-refractivity contribution < 1.29 is 9.18 Å². The largest absolute Gasteiger partial charge is 0.345 e. The lowest BCUT2D eigenvalue weighted by Crippen LogP contribution is -2.28. The molecular weight excluding hydrogens is 357 g/mol. The Bertz CT molecular complexity index is 1110. The predicted molar refractivity (Wildman–Crippen MR) is 104 cm³/mol. The summed E-state index contributed by atoms with van der Waals surface area (Å²) in [6, 6.07) is 9.65. The third-order valence-electron chi connectivity index (χ3n) is 4.63. The maximum Gasteiger partial charge on any atom is 0.254 e. The zero-order chi connectivity index (χ0) is 19.5. The molecule has 3 aromatic heterocycles. The van der Waals surface area contributed by atoms with Crippen LogP contribution < -0.4 is 5.32 Å². The van der Waals surface area contributed by atoms with Gasteiger partial charge in [-0.2, -0.15) is 5.10 Å². The number of aromatic nitrogens is 4. The molecule has 1 N–H and O–H groups in total. The first-order valence-corrected chi connectivity index (χ1v) is 8.96. The number of fused-ring (bicyclic) bond motifs is 1. The Morgan fingerprint density at radius 3 is 2.54 bits per heavy atom. The van der Waals surface area contributed by atoms with E-state index in [0.717, 1.165) is 12.0 Å². The molecule has 0 unspecified atom stereocenters. The third kappa shape index (κ3) is 3.34. The Kier molecular flexibility index (Phi) is 4.80. The molecule has 28 heavy (non-hydrogen) atoms. The standard InChI is InChI=1S/C21H18FN5O/c1-2-19(14-7-9-23-10-8-14)26-21(28)18-11-24-13-20-17(18)12-25-27(20)16-5-3-15(22)4-6-16/h3-13,19H,2H2,1H3,(H,26,28)/t19-/m0/s1. The molecule has 1 atom stereocenters. The average molecular weight is 375 g/mol. The number of amides is 1. The molecule has 0 aliphatic heterocycles. The van der Waals surface area contributed by atoms with Gasteiger partial charge < -0.3 is 5.32 Å². The molecular formula is C21H18FN5O. The van der Waals surface area contributed by atoms with Crippen molar-refractivity contribution in [3.8, 4) is 5.69 Å². The van der Waals surface area contributed by atoms with Gasteiger partial charge in [0.2, 0.25) is 0 Å². The van der Waals surface area contributed by atoms with Gasteiger partial charge in [0.05, 0.1) is 35.2 Å². The van der Waals surface area contributed by atoms with Crippen LogP contribution in [0.25, 0.3) is 16.6 Å². The van der Waals surface area contributed by atoms with Crippen LogP contribution in [0.2, 0.25) is 0 Å². The summed E-state index contributed by atoms with van der Waals surface area (Å²) in [7, 11) is 0. The van der Waals surface area contributed by atoms with Crippen LogP contribution in [-0.4, -0.2) is 25.7 Å². The second kappa shape index (κ2) is 7.56. The van der Waals surface area contributed by atoms with Crippen molar-refractivity contribution in [2.75, 3.05) is 0 Å². The number of carbonyl (C=O) groups is 1. The van der Waals surface area contributed by atoms with Gasteiger partial charge in [0.15, 0.2) is 0 Å². The lowest BCUT2D eigenvalue weighted by atomic mass is 10.1. The highest BCUT2D eigenvalue weighted by atomic mass is 19.1. The van der Waals surface area contributed by atoms with Crippen LogP contribution in [0.3, 0.4) is 0 Å². The maximum atomic E-state index is 13.2. The average Bonchev–Trinajstić information content (AvgIpc) is 3.17. The number of rotatable bonds is 5. The Morgan fingerprint density at radius 1 is 1.07 bits per heavy atom. The molecule has 4 aromatic rings. The fraction of sp³-hybridized carbons (Fsp3) is 0.143. The highest BCUT2D eigenvalue weighted by Crippen LogP contribution is 2.22. The fourth-order valence-electron chi connectivity index (χ4n) is 3.16. The van der Waals surface area contributed by atoms with E-state index in [0.29, 0.717) is 22.2 Å². The Labute approximate surface area is 161 Å². The number of hydrogen-bond donors (Lipinski definition) is 1. The van der Waals surface area contributed by atoms with Crippen molar-refractivity contribution >= 4 is 16.8 Å². The number of halogens is 1. The van der Waals surface area contributed by atoms with Gasteiger partial charge in [-0.25, -0.2) is 9.07 Å². The molecule has 0 saturated heterocycles. The van der Waals surface area contributed by atoms with Crippen molar-refractivity contribution in [2.24, 2.45) is 0 Å². The van der Waals surface area contributed by atoms with Crippen LogP contribution in [0, 0.1) is 5.82 Å². The number of nitrogens with zero attached hydrogens (tertiary/aromatic N) is 4. The van der Waals surface area contributed by atoms with Crippen LogP contribution in [-0.2, 0) is 0 Å². The van der Waals surface area contributed by atoms with Crippen molar-refractivity contribution in [3.05, 3.63) is 84.3 Å². The Morgan fingerprint density at radius 2 is 1.82 bits per heavy atom. The summed E-state index contributed by atoms with van der Waals surface area (Å²) in [4.78, 5) is 21.2. The topological polar surface area (TPSA) is 72.7 Å². The smallest absolute Gasteiger partial charge is 0.254 e. The van der Waals surface area contributed by atoms with Gasteiger partial charge in [-0.3, -0.25) is 14.8 Å². The highest BCUT2D eigenvalue weighted by molar-refractivity contribution is 6.06. The predicted octanol–water partition coefficient (Wildman–Crippen LogP) is 3.84. The Balaban J connectivity index is 1.67. The lowest BCUT2D eigenvalue weighted by Gasteiger charge is -2.17. The summed E-state index contributed by atoms with van der Waals surface area (Å²) < 4.78 is 14.8. The van der Waals surface area contributed by atoms with E-state index in [1.54, 1.807) is 41.6 Å². The zero-order valence-corrected chi connectivity index (χ0v) is 15.2. The minimum absolute atomic E-state index is 0.127. The SMILES string of the molecule is CC[C@H](NC(=O)c1cncc2c1cnn2-c1ccc(F)cc1)c1ccncc1. The molecule has 7 heteroatoms. The summed E-state index contributed by atoms with van der Waals surface area (Å²) >= 11 is 0. The van der Waals surface area contributed by atoms with Crippen LogP contribution in [0.1, 0.15) is 35.3 Å². The molecule has 0 aliphatic carbocycles. The van der Waals surface area contributed by atoms with Crippen molar-refractivity contribution in [2.45, 2.75) is 19.4 Å². The molecule has 0 aliphatic rings. The second-order valence-electron chi connectivity index (χ2n) is 6.37. The van der Waals surface area contributed by atoms with E-state index in [1.165, 1.54) is 18.3 Å². The van der Waals surface area contributed by atoms with Crippen LogP contribution in [0.5, 0.6) is 0 Å². The zero-order valence-electron chi connectivity index (χ0n) is 15.2. The number of hydrogen-bond acceptors (Lipinski definition) is 4. The third-order valence-corrected chi connectivity index (χ3v) is 4.63. The van der Waals surface area contributed by atoms with Gasteiger partial charge in [-0.15, -0.1) is 0 Å². The second-order valence-corrected chi connectivity index (χ2v) is 6.37. The molecule has 1 aromatic carbocycles. The molecule has 1 amide bonds. The minimum Gasteiger partial charge on any atom is -0.345 e. The highest BCUT2D eigenvalue weighted by Gasteiger charge is 2.18. The van der Waals surface area contributed by atoms with Crippen molar-refractivity contribution in [1.82, 2.24) is 25.1 Å². The van der Waals surface area contributed by atoms with E-state index >= 15 is 0 Å². The van der Waals surface area contributed by atoms with Crippen molar-refractivity contribution in [1.29, 1.82) is 0 Å². The van der Waals surface area contributed by atoms with Gasteiger partial charge >= 0.3 is 0 Å².